The Labute approximate surface area is 111 Å². The van der Waals surface area contributed by atoms with Gasteiger partial charge >= 0.3 is 0 Å². The van der Waals surface area contributed by atoms with Gasteiger partial charge in [0, 0.05) is 19.7 Å². The van der Waals surface area contributed by atoms with E-state index in [2.05, 4.69) is 19.2 Å². The average Bonchev–Trinajstić information content (AvgIpc) is 2.32. The smallest absolute Gasteiger partial charge is 0.227 e. The van der Waals surface area contributed by atoms with Gasteiger partial charge in [-0.15, -0.1) is 0 Å². The molecule has 0 aromatic rings. The minimum absolute atomic E-state index is 0.147. The molecule has 0 atom stereocenters. The van der Waals surface area contributed by atoms with Gasteiger partial charge in [-0.25, -0.2) is 0 Å². The highest BCUT2D eigenvalue weighted by atomic mass is 16.5. The van der Waals surface area contributed by atoms with E-state index in [1.54, 1.807) is 7.11 Å². The topological polar surface area (TPSA) is 64.4 Å². The van der Waals surface area contributed by atoms with E-state index >= 15 is 0 Å². The average molecular weight is 256 g/mol. The minimum atomic E-state index is -0.359. The van der Waals surface area contributed by atoms with Crippen LogP contribution in [0.3, 0.4) is 0 Å². The molecule has 0 aromatic heterocycles. The molecule has 1 amide bonds. The molecule has 0 aliphatic heterocycles. The molecular weight excluding hydrogens is 228 g/mol. The van der Waals surface area contributed by atoms with Crippen molar-refractivity contribution in [3.05, 3.63) is 0 Å². The van der Waals surface area contributed by atoms with Crippen LogP contribution in [0.1, 0.15) is 52.4 Å². The lowest BCUT2D eigenvalue weighted by Gasteiger charge is -2.38. The van der Waals surface area contributed by atoms with Crippen molar-refractivity contribution in [2.45, 2.75) is 64.5 Å². The van der Waals surface area contributed by atoms with Crippen LogP contribution in [-0.4, -0.2) is 31.7 Å². The molecule has 0 radical (unpaired) electrons. The summed E-state index contributed by atoms with van der Waals surface area (Å²) in [5.74, 6) is 0.147. The van der Waals surface area contributed by atoms with Crippen LogP contribution in [0, 0.1) is 5.41 Å². The van der Waals surface area contributed by atoms with Gasteiger partial charge in [0.2, 0.25) is 5.91 Å². The summed E-state index contributed by atoms with van der Waals surface area (Å²) < 4.78 is 5.23. The first-order chi connectivity index (χ1) is 8.61. The third-order valence-corrected chi connectivity index (χ3v) is 4.09. The monoisotopic (exact) mass is 256 g/mol. The standard InChI is InChI=1S/C14H28N2O2/c1-4-6-14(10-15,7-5-2)13(17)16-11-8-12(9-11)18-3/h11-12H,4-10,15H2,1-3H3,(H,16,17). The fourth-order valence-electron chi connectivity index (χ4n) is 2.82. The summed E-state index contributed by atoms with van der Waals surface area (Å²) in [5.41, 5.74) is 5.52. The van der Waals surface area contributed by atoms with Gasteiger partial charge in [0.1, 0.15) is 0 Å². The molecule has 3 N–H and O–H groups in total. The zero-order valence-corrected chi connectivity index (χ0v) is 12.0. The summed E-state index contributed by atoms with van der Waals surface area (Å²) in [6.07, 6.45) is 5.93. The molecule has 4 heteroatoms. The van der Waals surface area contributed by atoms with Crippen LogP contribution in [0.5, 0.6) is 0 Å². The normalized spacial score (nSPS) is 23.6. The molecule has 0 saturated heterocycles. The Morgan fingerprint density at radius 3 is 2.28 bits per heavy atom. The number of methoxy groups -OCH3 is 1. The second kappa shape index (κ2) is 7.10. The van der Waals surface area contributed by atoms with Gasteiger partial charge in [0.05, 0.1) is 11.5 Å². The number of ether oxygens (including phenoxy) is 1. The second-order valence-electron chi connectivity index (χ2n) is 5.48. The zero-order chi connectivity index (χ0) is 13.6. The largest absolute Gasteiger partial charge is 0.381 e. The van der Waals surface area contributed by atoms with Crippen molar-refractivity contribution < 1.29 is 9.53 Å². The molecule has 1 rings (SSSR count). The molecule has 1 aliphatic carbocycles. The summed E-state index contributed by atoms with van der Waals surface area (Å²) in [6.45, 7) is 4.66. The van der Waals surface area contributed by atoms with E-state index in [0.717, 1.165) is 38.5 Å². The van der Waals surface area contributed by atoms with Crippen molar-refractivity contribution in [3.8, 4) is 0 Å². The molecule has 18 heavy (non-hydrogen) atoms. The number of carbonyl (C=O) groups excluding carboxylic acids is 1. The predicted molar refractivity (Wildman–Crippen MR) is 73.3 cm³/mol. The van der Waals surface area contributed by atoms with Gasteiger partial charge < -0.3 is 15.8 Å². The van der Waals surface area contributed by atoms with Crippen molar-refractivity contribution in [2.75, 3.05) is 13.7 Å². The molecule has 0 unspecified atom stereocenters. The quantitative estimate of drug-likeness (QED) is 0.696. The van der Waals surface area contributed by atoms with E-state index < -0.39 is 0 Å². The Kier molecular flexibility index (Phi) is 6.09. The third kappa shape index (κ3) is 3.45. The maximum Gasteiger partial charge on any atom is 0.227 e. The summed E-state index contributed by atoms with van der Waals surface area (Å²) in [7, 11) is 1.72. The number of hydrogen-bond donors (Lipinski definition) is 2. The number of rotatable bonds is 8. The zero-order valence-electron chi connectivity index (χ0n) is 12.0. The molecule has 1 fully saturated rings. The van der Waals surface area contributed by atoms with Crippen LogP contribution in [0.25, 0.3) is 0 Å². The first-order valence-electron chi connectivity index (χ1n) is 7.15. The molecule has 0 spiro atoms. The highest BCUT2D eigenvalue weighted by molar-refractivity contribution is 5.83. The van der Waals surface area contributed by atoms with Crippen LogP contribution < -0.4 is 11.1 Å². The van der Waals surface area contributed by atoms with E-state index in [-0.39, 0.29) is 17.4 Å². The number of nitrogens with two attached hydrogens (primary N) is 1. The minimum Gasteiger partial charge on any atom is -0.381 e. The maximum atomic E-state index is 12.4. The van der Waals surface area contributed by atoms with Crippen molar-refractivity contribution in [1.29, 1.82) is 0 Å². The lowest BCUT2D eigenvalue weighted by Crippen LogP contribution is -2.54. The van der Waals surface area contributed by atoms with Gasteiger partial charge in [-0.3, -0.25) is 4.79 Å². The number of hydrogen-bond acceptors (Lipinski definition) is 3. The second-order valence-corrected chi connectivity index (χ2v) is 5.48. The predicted octanol–water partition coefficient (Wildman–Crippen LogP) is 1.83. The van der Waals surface area contributed by atoms with Crippen LogP contribution in [-0.2, 0) is 9.53 Å². The van der Waals surface area contributed by atoms with E-state index in [1.165, 1.54) is 0 Å². The lowest BCUT2D eigenvalue weighted by atomic mass is 9.77. The fourth-order valence-corrected chi connectivity index (χ4v) is 2.82. The summed E-state index contributed by atoms with van der Waals surface area (Å²) >= 11 is 0. The maximum absolute atomic E-state index is 12.4. The molecule has 0 heterocycles. The summed E-state index contributed by atoms with van der Waals surface area (Å²) in [6, 6.07) is 0.280. The van der Waals surface area contributed by atoms with E-state index in [0.29, 0.717) is 12.6 Å². The first kappa shape index (κ1) is 15.4. The van der Waals surface area contributed by atoms with Gasteiger partial charge in [-0.2, -0.15) is 0 Å². The van der Waals surface area contributed by atoms with E-state index in [1.807, 2.05) is 0 Å². The summed E-state index contributed by atoms with van der Waals surface area (Å²) in [4.78, 5) is 12.4. The Morgan fingerprint density at radius 1 is 1.33 bits per heavy atom. The van der Waals surface area contributed by atoms with Crippen LogP contribution in [0.15, 0.2) is 0 Å². The number of nitrogens with one attached hydrogen (secondary N) is 1. The lowest BCUT2D eigenvalue weighted by molar-refractivity contribution is -0.134. The van der Waals surface area contributed by atoms with Gasteiger partial charge in [-0.05, 0) is 25.7 Å². The Bertz CT molecular complexity index is 257. The molecule has 4 nitrogen and oxygen atoms in total. The van der Waals surface area contributed by atoms with Crippen molar-refractivity contribution in [3.63, 3.8) is 0 Å². The fraction of sp³-hybridized carbons (Fsp3) is 0.929. The van der Waals surface area contributed by atoms with Gasteiger partial charge in [-0.1, -0.05) is 26.7 Å². The highest BCUT2D eigenvalue weighted by Gasteiger charge is 2.38. The van der Waals surface area contributed by atoms with Crippen molar-refractivity contribution in [2.24, 2.45) is 11.1 Å². The Hall–Kier alpha value is -0.610. The Balaban J connectivity index is 2.54. The number of amides is 1. The van der Waals surface area contributed by atoms with Gasteiger partial charge in [0.15, 0.2) is 0 Å². The van der Waals surface area contributed by atoms with Crippen LogP contribution in [0.2, 0.25) is 0 Å². The van der Waals surface area contributed by atoms with Crippen molar-refractivity contribution >= 4 is 5.91 Å². The third-order valence-electron chi connectivity index (χ3n) is 4.09. The van der Waals surface area contributed by atoms with Gasteiger partial charge in [0.25, 0.3) is 0 Å². The van der Waals surface area contributed by atoms with Crippen LogP contribution >= 0.6 is 0 Å². The first-order valence-corrected chi connectivity index (χ1v) is 7.15. The molecule has 0 aromatic carbocycles. The Morgan fingerprint density at radius 2 is 1.89 bits per heavy atom. The van der Waals surface area contributed by atoms with E-state index in [9.17, 15) is 4.79 Å². The summed E-state index contributed by atoms with van der Waals surface area (Å²) in [5, 5.41) is 3.14. The SMILES string of the molecule is CCCC(CN)(CCC)C(=O)NC1CC(OC)C1. The number of carbonyl (C=O) groups is 1. The van der Waals surface area contributed by atoms with E-state index in [4.69, 9.17) is 10.5 Å². The molecule has 1 aliphatic rings. The molecule has 0 bridgehead atoms. The van der Waals surface area contributed by atoms with Crippen molar-refractivity contribution in [1.82, 2.24) is 5.32 Å². The highest BCUT2D eigenvalue weighted by Crippen LogP contribution is 2.31. The molecule has 106 valence electrons. The molecule has 1 saturated carbocycles. The molecular formula is C14H28N2O2. The van der Waals surface area contributed by atoms with Crippen LogP contribution in [0.4, 0.5) is 0 Å².